The Bertz CT molecular complexity index is 416. The second-order valence-electron chi connectivity index (χ2n) is 3.29. The van der Waals surface area contributed by atoms with E-state index in [1.807, 2.05) is 0 Å². The minimum Gasteiger partial charge on any atom is -0.405 e. The molecule has 0 amide bonds. The van der Waals surface area contributed by atoms with Gasteiger partial charge in [0.05, 0.1) is 10.9 Å². The van der Waals surface area contributed by atoms with Gasteiger partial charge in [0.1, 0.15) is 5.75 Å². The molecular weight excluding hydrogens is 301 g/mol. The average Bonchev–Trinajstić information content (AvgIpc) is 2.25. The number of ether oxygens (including phenoxy) is 1. The summed E-state index contributed by atoms with van der Waals surface area (Å²) < 4.78 is 40.4. The van der Waals surface area contributed by atoms with E-state index in [0.717, 1.165) is 0 Å². The Morgan fingerprint density at radius 2 is 2.06 bits per heavy atom. The lowest BCUT2D eigenvalue weighted by atomic mass is 10.1. The molecule has 0 saturated heterocycles. The number of carbonyl (C=O) groups excluding carboxylic acids is 1. The molecule has 0 spiro atoms. The Balaban J connectivity index is 3.16. The fourth-order valence-electron chi connectivity index (χ4n) is 1.30. The first-order valence-corrected chi connectivity index (χ1v) is 5.97. The van der Waals surface area contributed by atoms with Crippen LogP contribution in [-0.2, 0) is 6.42 Å². The van der Waals surface area contributed by atoms with E-state index in [0.29, 0.717) is 12.0 Å². The molecule has 0 aliphatic carbocycles. The van der Waals surface area contributed by atoms with Crippen molar-refractivity contribution in [2.24, 2.45) is 0 Å². The van der Waals surface area contributed by atoms with Crippen molar-refractivity contribution in [2.75, 3.05) is 5.33 Å². The fourth-order valence-corrected chi connectivity index (χ4v) is 1.60. The quantitative estimate of drug-likeness (QED) is 0.626. The number of hydrogen-bond acceptors (Lipinski definition) is 2. The van der Waals surface area contributed by atoms with Crippen LogP contribution < -0.4 is 4.74 Å². The van der Waals surface area contributed by atoms with E-state index in [9.17, 15) is 18.0 Å². The Kier molecular flexibility index (Phi) is 4.56. The molecule has 17 heavy (non-hydrogen) atoms. The van der Waals surface area contributed by atoms with Crippen LogP contribution >= 0.6 is 15.9 Å². The van der Waals surface area contributed by atoms with Gasteiger partial charge in [-0.25, -0.2) is 0 Å². The highest BCUT2D eigenvalue weighted by Gasteiger charge is 2.32. The number of halogens is 4. The molecule has 6 heteroatoms. The predicted molar refractivity (Wildman–Crippen MR) is 60.6 cm³/mol. The molecular formula is C11H10BrF3O2. The second-order valence-corrected chi connectivity index (χ2v) is 3.85. The summed E-state index contributed by atoms with van der Waals surface area (Å²) >= 11 is 2.91. The average molecular weight is 311 g/mol. The number of hydrogen-bond donors (Lipinski definition) is 0. The molecule has 0 aliphatic heterocycles. The first-order valence-electron chi connectivity index (χ1n) is 4.85. The summed E-state index contributed by atoms with van der Waals surface area (Å²) in [5.41, 5.74) is 0.603. The highest BCUT2D eigenvalue weighted by atomic mass is 79.9. The van der Waals surface area contributed by atoms with Crippen LogP contribution in [0.4, 0.5) is 13.2 Å². The van der Waals surface area contributed by atoms with E-state index in [1.54, 1.807) is 13.0 Å². The second kappa shape index (κ2) is 5.53. The molecule has 0 saturated carbocycles. The highest BCUT2D eigenvalue weighted by Crippen LogP contribution is 2.28. The molecule has 0 N–H and O–H groups in total. The van der Waals surface area contributed by atoms with Crippen LogP contribution in [0.1, 0.15) is 22.8 Å². The molecule has 94 valence electrons. The molecule has 1 aromatic rings. The molecule has 0 heterocycles. The lowest BCUT2D eigenvalue weighted by Crippen LogP contribution is -2.19. The van der Waals surface area contributed by atoms with Crippen molar-refractivity contribution in [3.63, 3.8) is 0 Å². The minimum absolute atomic E-state index is 0.0489. The Labute approximate surface area is 105 Å². The number of aryl methyl sites for hydroxylation is 1. The lowest BCUT2D eigenvalue weighted by molar-refractivity contribution is -0.274. The summed E-state index contributed by atoms with van der Waals surface area (Å²) in [7, 11) is 0. The van der Waals surface area contributed by atoms with Crippen molar-refractivity contribution in [1.82, 2.24) is 0 Å². The van der Waals surface area contributed by atoms with Gasteiger partial charge in [0.25, 0.3) is 0 Å². The van der Waals surface area contributed by atoms with Gasteiger partial charge in [-0.15, -0.1) is 13.2 Å². The summed E-state index contributed by atoms with van der Waals surface area (Å²) in [5.74, 6) is -0.895. The van der Waals surface area contributed by atoms with Crippen molar-refractivity contribution >= 4 is 21.7 Å². The Morgan fingerprint density at radius 1 is 1.41 bits per heavy atom. The lowest BCUT2D eigenvalue weighted by Gasteiger charge is -2.13. The maximum absolute atomic E-state index is 12.2. The van der Waals surface area contributed by atoms with Crippen molar-refractivity contribution in [1.29, 1.82) is 0 Å². The molecule has 0 fully saturated rings. The van der Waals surface area contributed by atoms with Crippen LogP contribution in [0, 0.1) is 0 Å². The van der Waals surface area contributed by atoms with Crippen molar-refractivity contribution in [3.05, 3.63) is 29.3 Å². The molecule has 0 atom stereocenters. The van der Waals surface area contributed by atoms with Gasteiger partial charge in [-0.1, -0.05) is 28.9 Å². The van der Waals surface area contributed by atoms with Gasteiger partial charge < -0.3 is 4.74 Å². The summed E-state index contributed by atoms with van der Waals surface area (Å²) in [5, 5.41) is -0.0489. The maximum atomic E-state index is 12.2. The van der Waals surface area contributed by atoms with Crippen LogP contribution in [0.2, 0.25) is 0 Å². The third-order valence-electron chi connectivity index (χ3n) is 2.10. The van der Waals surface area contributed by atoms with E-state index in [4.69, 9.17) is 0 Å². The standard InChI is InChI=1S/C11H10BrF3O2/c1-2-7-3-4-8(9(16)6-12)10(5-7)17-11(13,14)15/h3-5H,2,6H2,1H3. The summed E-state index contributed by atoms with van der Waals surface area (Å²) in [6.45, 7) is 1.80. The molecule has 0 aliphatic rings. The van der Waals surface area contributed by atoms with E-state index < -0.39 is 17.9 Å². The number of carbonyl (C=O) groups is 1. The monoisotopic (exact) mass is 310 g/mol. The predicted octanol–water partition coefficient (Wildman–Crippen LogP) is 3.73. The van der Waals surface area contributed by atoms with Gasteiger partial charge in [0, 0.05) is 0 Å². The fraction of sp³-hybridized carbons (Fsp3) is 0.364. The molecule has 0 aromatic heterocycles. The molecule has 0 unspecified atom stereocenters. The minimum atomic E-state index is -4.80. The van der Waals surface area contributed by atoms with Gasteiger partial charge in [0.2, 0.25) is 0 Å². The Hall–Kier alpha value is -1.04. The molecule has 0 radical (unpaired) electrons. The molecule has 2 nitrogen and oxygen atoms in total. The number of Topliss-reactive ketones (excluding diaryl/α,β-unsaturated/α-hetero) is 1. The molecule has 1 aromatic carbocycles. The van der Waals surface area contributed by atoms with E-state index >= 15 is 0 Å². The van der Waals surface area contributed by atoms with E-state index in [-0.39, 0.29) is 10.9 Å². The summed E-state index contributed by atoms with van der Waals surface area (Å²) in [4.78, 5) is 11.4. The number of benzene rings is 1. The summed E-state index contributed by atoms with van der Waals surface area (Å²) in [6.07, 6.45) is -4.23. The zero-order valence-corrected chi connectivity index (χ0v) is 10.6. The maximum Gasteiger partial charge on any atom is 0.573 e. The van der Waals surface area contributed by atoms with E-state index in [2.05, 4.69) is 20.7 Å². The van der Waals surface area contributed by atoms with Gasteiger partial charge in [-0.3, -0.25) is 4.79 Å². The van der Waals surface area contributed by atoms with E-state index in [1.165, 1.54) is 12.1 Å². The topological polar surface area (TPSA) is 26.3 Å². The van der Waals surface area contributed by atoms with Crippen LogP contribution in [-0.4, -0.2) is 17.5 Å². The van der Waals surface area contributed by atoms with Gasteiger partial charge in [0.15, 0.2) is 5.78 Å². The molecule has 1 rings (SSSR count). The first-order chi connectivity index (χ1) is 7.87. The first kappa shape index (κ1) is 14.0. The largest absolute Gasteiger partial charge is 0.573 e. The number of alkyl halides is 4. The summed E-state index contributed by atoms with van der Waals surface area (Å²) in [6, 6.07) is 4.20. The van der Waals surface area contributed by atoms with Crippen LogP contribution in [0.25, 0.3) is 0 Å². The van der Waals surface area contributed by atoms with Crippen molar-refractivity contribution in [3.8, 4) is 5.75 Å². The highest BCUT2D eigenvalue weighted by molar-refractivity contribution is 9.09. The van der Waals surface area contributed by atoms with Crippen LogP contribution in [0.3, 0.4) is 0 Å². The normalized spacial score (nSPS) is 11.4. The van der Waals surface area contributed by atoms with Crippen molar-refractivity contribution in [2.45, 2.75) is 19.7 Å². The number of rotatable bonds is 4. The third-order valence-corrected chi connectivity index (χ3v) is 2.61. The third kappa shape index (κ3) is 4.03. The smallest absolute Gasteiger partial charge is 0.405 e. The SMILES string of the molecule is CCc1ccc(C(=O)CBr)c(OC(F)(F)F)c1. The zero-order chi connectivity index (χ0) is 13.1. The number of ketones is 1. The molecule has 0 bridgehead atoms. The van der Waals surface area contributed by atoms with Crippen LogP contribution in [0.15, 0.2) is 18.2 Å². The zero-order valence-electron chi connectivity index (χ0n) is 8.97. The Morgan fingerprint density at radius 3 is 2.53 bits per heavy atom. The van der Waals surface area contributed by atoms with Crippen LogP contribution in [0.5, 0.6) is 5.75 Å². The van der Waals surface area contributed by atoms with Crippen molar-refractivity contribution < 1.29 is 22.7 Å². The van der Waals surface area contributed by atoms with Gasteiger partial charge >= 0.3 is 6.36 Å². The van der Waals surface area contributed by atoms with Gasteiger partial charge in [-0.2, -0.15) is 0 Å². The van der Waals surface area contributed by atoms with Gasteiger partial charge in [-0.05, 0) is 24.1 Å².